The fraction of sp³-hybridized carbons (Fsp3) is 0.731. The van der Waals surface area contributed by atoms with Crippen LogP contribution in [0.5, 0.6) is 0 Å². The minimum Gasteiger partial charge on any atom is -0.262 e. The van der Waals surface area contributed by atoms with E-state index in [2.05, 4.69) is 53.7 Å². The number of benzene rings is 1. The molecule has 1 aromatic rings. The van der Waals surface area contributed by atoms with Gasteiger partial charge in [-0.25, -0.2) is 0 Å². The van der Waals surface area contributed by atoms with Gasteiger partial charge in [0.1, 0.15) is 19.6 Å². The quantitative estimate of drug-likeness (QED) is 0.219. The van der Waals surface area contributed by atoms with E-state index in [0.29, 0.717) is 0 Å². The summed E-state index contributed by atoms with van der Waals surface area (Å²) in [7, 11) is 0. The summed E-state index contributed by atoms with van der Waals surface area (Å²) in [5.74, 6) is 1.63. The Morgan fingerprint density at radius 2 is 1.36 bits per heavy atom. The van der Waals surface area contributed by atoms with Crippen LogP contribution in [0.3, 0.4) is 0 Å². The molecule has 0 fully saturated rings. The van der Waals surface area contributed by atoms with Crippen LogP contribution in [0.15, 0.2) is 30.3 Å². The van der Waals surface area contributed by atoms with Crippen LogP contribution < -0.4 is 0 Å². The van der Waals surface area contributed by atoms with Crippen LogP contribution in [0.1, 0.15) is 103 Å². The summed E-state index contributed by atoms with van der Waals surface area (Å²) in [4.78, 5) is 2.70. The van der Waals surface area contributed by atoms with Gasteiger partial charge in [0.2, 0.25) is 5.84 Å². The minimum absolute atomic E-state index is 1.08. The van der Waals surface area contributed by atoms with Crippen LogP contribution in [-0.4, -0.2) is 34.9 Å². The summed E-state index contributed by atoms with van der Waals surface area (Å²) in [6.07, 6.45) is 18.0. The van der Waals surface area contributed by atoms with E-state index in [4.69, 9.17) is 0 Å². The highest BCUT2D eigenvalue weighted by molar-refractivity contribution is 5.78. The first-order valence-corrected chi connectivity index (χ1v) is 12.2. The molecule has 28 heavy (non-hydrogen) atoms. The second-order valence-electron chi connectivity index (χ2n) is 8.60. The van der Waals surface area contributed by atoms with E-state index < -0.39 is 0 Å². The number of hydrogen-bond acceptors (Lipinski definition) is 1. The number of amidine groups is 1. The predicted molar refractivity (Wildman–Crippen MR) is 123 cm³/mol. The van der Waals surface area contributed by atoms with Crippen molar-refractivity contribution in [2.24, 2.45) is 0 Å². The Morgan fingerprint density at radius 1 is 0.750 bits per heavy atom. The monoisotopic (exact) mass is 385 g/mol. The van der Waals surface area contributed by atoms with Crippen molar-refractivity contribution in [3.8, 4) is 0 Å². The van der Waals surface area contributed by atoms with E-state index in [1.165, 1.54) is 109 Å². The third-order valence-electron chi connectivity index (χ3n) is 6.12. The zero-order valence-electron chi connectivity index (χ0n) is 18.8. The molecule has 1 aliphatic rings. The average Bonchev–Trinajstić information content (AvgIpc) is 3.09. The lowest BCUT2D eigenvalue weighted by atomic mass is 10.1. The predicted octanol–water partition coefficient (Wildman–Crippen LogP) is 7.02. The van der Waals surface area contributed by atoms with Gasteiger partial charge in [0.15, 0.2) is 0 Å². The third-order valence-corrected chi connectivity index (χ3v) is 6.12. The van der Waals surface area contributed by atoms with Gasteiger partial charge in [-0.1, -0.05) is 102 Å². The molecular formula is C26H45N2+. The lowest BCUT2D eigenvalue weighted by molar-refractivity contribution is -0.535. The summed E-state index contributed by atoms with van der Waals surface area (Å²) in [6, 6.07) is 11.0. The molecule has 0 atom stereocenters. The molecular weight excluding hydrogens is 340 g/mol. The first kappa shape index (κ1) is 23.0. The van der Waals surface area contributed by atoms with Crippen molar-refractivity contribution in [3.63, 3.8) is 0 Å². The Kier molecular flexibility index (Phi) is 12.0. The van der Waals surface area contributed by atoms with Gasteiger partial charge >= 0.3 is 0 Å². The third kappa shape index (κ3) is 8.80. The number of rotatable bonds is 16. The largest absolute Gasteiger partial charge is 0.262 e. The molecule has 0 N–H and O–H groups in total. The van der Waals surface area contributed by atoms with Gasteiger partial charge in [0.05, 0.1) is 6.54 Å². The maximum atomic E-state index is 2.70. The first-order valence-electron chi connectivity index (χ1n) is 12.2. The maximum Gasteiger partial charge on any atom is 0.247 e. The minimum atomic E-state index is 1.08. The number of nitrogens with zero attached hydrogens (tertiary/aromatic N) is 2. The van der Waals surface area contributed by atoms with Crippen LogP contribution in [0, 0.1) is 0 Å². The van der Waals surface area contributed by atoms with E-state index in [1.54, 1.807) is 5.84 Å². The molecule has 1 aromatic carbocycles. The molecule has 158 valence electrons. The Labute approximate surface area is 175 Å². The van der Waals surface area contributed by atoms with Crippen molar-refractivity contribution in [1.82, 2.24) is 4.90 Å². The fourth-order valence-corrected chi connectivity index (χ4v) is 4.38. The van der Waals surface area contributed by atoms with Gasteiger partial charge in [-0.15, -0.1) is 0 Å². The van der Waals surface area contributed by atoms with Crippen molar-refractivity contribution >= 4 is 5.84 Å². The van der Waals surface area contributed by atoms with Crippen molar-refractivity contribution in [1.29, 1.82) is 0 Å². The topological polar surface area (TPSA) is 6.25 Å². The molecule has 2 heteroatoms. The lowest BCUT2D eigenvalue weighted by Crippen LogP contribution is -2.30. The highest BCUT2D eigenvalue weighted by Crippen LogP contribution is 2.16. The lowest BCUT2D eigenvalue weighted by Gasteiger charge is -2.14. The number of hydrogen-bond donors (Lipinski definition) is 0. The summed E-state index contributed by atoms with van der Waals surface area (Å²) in [5, 5.41) is 0. The Hall–Kier alpha value is -1.31. The molecule has 0 aliphatic carbocycles. The molecule has 0 amide bonds. The van der Waals surface area contributed by atoms with Gasteiger partial charge in [0, 0.05) is 6.42 Å². The normalized spacial score (nSPS) is 14.3. The summed E-state index contributed by atoms with van der Waals surface area (Å²) in [5.41, 5.74) is 1.45. The maximum absolute atomic E-state index is 2.70. The molecule has 0 saturated heterocycles. The summed E-state index contributed by atoms with van der Waals surface area (Å²) in [6.45, 7) is 9.37. The summed E-state index contributed by atoms with van der Waals surface area (Å²) < 4.78 is 2.66. The van der Waals surface area contributed by atoms with Crippen molar-refractivity contribution in [2.75, 3.05) is 19.6 Å². The van der Waals surface area contributed by atoms with E-state index in [9.17, 15) is 0 Å². The first-order chi connectivity index (χ1) is 13.8. The Morgan fingerprint density at radius 3 is 2.04 bits per heavy atom. The van der Waals surface area contributed by atoms with Crippen LogP contribution in [-0.2, 0) is 6.54 Å². The molecule has 0 aromatic heterocycles. The highest BCUT2D eigenvalue weighted by atomic mass is 15.3. The zero-order chi connectivity index (χ0) is 19.9. The SMILES string of the molecule is CCCCCCCCCCCC1=[N+](Cc2ccccc2)CCN1CCCCC. The number of unbranched alkanes of at least 4 members (excludes halogenated alkanes) is 10. The molecule has 0 bridgehead atoms. The van der Waals surface area contributed by atoms with E-state index in [0.717, 1.165) is 6.54 Å². The van der Waals surface area contributed by atoms with E-state index >= 15 is 0 Å². The molecule has 2 nitrogen and oxygen atoms in total. The molecule has 0 saturated carbocycles. The molecule has 0 radical (unpaired) electrons. The zero-order valence-corrected chi connectivity index (χ0v) is 18.8. The van der Waals surface area contributed by atoms with Crippen LogP contribution in [0.25, 0.3) is 0 Å². The molecule has 0 unspecified atom stereocenters. The molecule has 0 spiro atoms. The van der Waals surface area contributed by atoms with Crippen LogP contribution >= 0.6 is 0 Å². The van der Waals surface area contributed by atoms with Crippen molar-refractivity contribution in [3.05, 3.63) is 35.9 Å². The smallest absolute Gasteiger partial charge is 0.247 e. The second kappa shape index (κ2) is 14.7. The van der Waals surface area contributed by atoms with Gasteiger partial charge < -0.3 is 0 Å². The Bertz CT molecular complexity index is 535. The van der Waals surface area contributed by atoms with Crippen LogP contribution in [0.4, 0.5) is 0 Å². The second-order valence-corrected chi connectivity index (χ2v) is 8.60. The van der Waals surface area contributed by atoms with Gasteiger partial charge in [-0.2, -0.15) is 0 Å². The Balaban J connectivity index is 1.78. The standard InChI is InChI=1S/C26H45N2/c1-3-5-7-8-9-10-11-12-16-20-26-27(21-17-6-4-2)22-23-28(26)24-25-18-14-13-15-19-25/h13-15,18-19H,3-12,16-17,20-24H2,1-2H3/q+1. The molecule has 1 heterocycles. The highest BCUT2D eigenvalue weighted by Gasteiger charge is 2.29. The van der Waals surface area contributed by atoms with Gasteiger partial charge in [0.25, 0.3) is 0 Å². The van der Waals surface area contributed by atoms with Crippen molar-refractivity contribution < 1.29 is 4.58 Å². The average molecular weight is 386 g/mol. The van der Waals surface area contributed by atoms with Crippen molar-refractivity contribution in [2.45, 2.75) is 104 Å². The van der Waals surface area contributed by atoms with Crippen LogP contribution in [0.2, 0.25) is 0 Å². The molecule has 1 aliphatic heterocycles. The summed E-state index contributed by atoms with van der Waals surface area (Å²) >= 11 is 0. The fourth-order valence-electron chi connectivity index (χ4n) is 4.38. The van der Waals surface area contributed by atoms with Gasteiger partial charge in [-0.05, 0) is 24.8 Å². The van der Waals surface area contributed by atoms with E-state index in [-0.39, 0.29) is 0 Å². The van der Waals surface area contributed by atoms with Gasteiger partial charge in [-0.3, -0.25) is 9.48 Å². The molecule has 2 rings (SSSR count). The van der Waals surface area contributed by atoms with E-state index in [1.807, 2.05) is 0 Å².